The topological polar surface area (TPSA) is 75.6 Å². The van der Waals surface area contributed by atoms with E-state index in [9.17, 15) is 9.59 Å². The van der Waals surface area contributed by atoms with Gasteiger partial charge in [-0.1, -0.05) is 11.6 Å². The molecule has 1 fully saturated rings. The van der Waals surface area contributed by atoms with Gasteiger partial charge in [-0.3, -0.25) is 4.79 Å². The lowest BCUT2D eigenvalue weighted by molar-refractivity contribution is -0.148. The number of aliphatic carboxylic acids is 1. The molecule has 21 heavy (non-hydrogen) atoms. The predicted octanol–water partition coefficient (Wildman–Crippen LogP) is 3.62. The first kappa shape index (κ1) is 16.1. The number of amides is 1. The van der Waals surface area contributed by atoms with Gasteiger partial charge in [0.15, 0.2) is 0 Å². The molecule has 0 unspecified atom stereocenters. The van der Waals surface area contributed by atoms with Crippen molar-refractivity contribution >= 4 is 35.0 Å². The third-order valence-electron chi connectivity index (χ3n) is 3.41. The largest absolute Gasteiger partial charge is 0.481 e. The second-order valence-electron chi connectivity index (χ2n) is 6.29. The van der Waals surface area contributed by atoms with E-state index >= 15 is 0 Å². The summed E-state index contributed by atoms with van der Waals surface area (Å²) < 4.78 is 5.27. The highest BCUT2D eigenvalue weighted by Gasteiger charge is 2.51. The zero-order chi connectivity index (χ0) is 15.8. The van der Waals surface area contributed by atoms with Crippen LogP contribution in [0.1, 0.15) is 39.2 Å². The predicted molar refractivity (Wildman–Crippen MR) is 80.7 cm³/mol. The number of ether oxygens (including phenoxy) is 1. The summed E-state index contributed by atoms with van der Waals surface area (Å²) in [4.78, 5) is 23.1. The lowest BCUT2D eigenvalue weighted by atomic mass is 9.65. The van der Waals surface area contributed by atoms with Crippen molar-refractivity contribution in [3.05, 3.63) is 21.3 Å². The average molecular weight is 332 g/mol. The van der Waals surface area contributed by atoms with E-state index in [1.165, 1.54) is 11.3 Å². The van der Waals surface area contributed by atoms with Crippen molar-refractivity contribution in [3.63, 3.8) is 0 Å². The fraction of sp³-hybridized carbons (Fsp3) is 0.571. The van der Waals surface area contributed by atoms with Crippen LogP contribution in [0, 0.1) is 5.92 Å². The molecule has 1 aromatic heterocycles. The lowest BCUT2D eigenvalue weighted by Crippen LogP contribution is -2.57. The van der Waals surface area contributed by atoms with Gasteiger partial charge in [0.25, 0.3) is 0 Å². The van der Waals surface area contributed by atoms with Crippen LogP contribution >= 0.6 is 22.9 Å². The summed E-state index contributed by atoms with van der Waals surface area (Å²) >= 11 is 7.57. The van der Waals surface area contributed by atoms with Crippen LogP contribution in [0.3, 0.4) is 0 Å². The van der Waals surface area contributed by atoms with Gasteiger partial charge in [-0.25, -0.2) is 4.79 Å². The van der Waals surface area contributed by atoms with Crippen LogP contribution in [-0.2, 0) is 15.1 Å². The Bertz CT molecular complexity index is 558. The second-order valence-corrected chi connectivity index (χ2v) is 7.44. The normalized spacial score (nSPS) is 25.0. The van der Waals surface area contributed by atoms with E-state index in [1.807, 2.05) is 5.38 Å². The summed E-state index contributed by atoms with van der Waals surface area (Å²) in [7, 11) is 0. The molecular weight excluding hydrogens is 314 g/mol. The number of carboxylic acids is 1. The Kier molecular flexibility index (Phi) is 4.22. The fourth-order valence-corrected chi connectivity index (χ4v) is 3.72. The first-order valence-corrected chi connectivity index (χ1v) is 7.91. The van der Waals surface area contributed by atoms with Crippen molar-refractivity contribution in [2.75, 3.05) is 0 Å². The van der Waals surface area contributed by atoms with E-state index in [2.05, 4.69) is 5.32 Å². The number of alkyl carbamates (subject to hydrolysis) is 1. The third kappa shape index (κ3) is 3.49. The monoisotopic (exact) mass is 331 g/mol. The Hall–Kier alpha value is -1.27. The second kappa shape index (κ2) is 5.50. The molecule has 1 aliphatic carbocycles. The average Bonchev–Trinajstić information content (AvgIpc) is 2.66. The summed E-state index contributed by atoms with van der Waals surface area (Å²) in [6.07, 6.45) is 0.0735. The number of hydrogen-bond acceptors (Lipinski definition) is 4. The molecule has 1 aromatic rings. The Morgan fingerprint density at radius 1 is 1.43 bits per heavy atom. The van der Waals surface area contributed by atoms with Gasteiger partial charge < -0.3 is 15.2 Å². The quantitative estimate of drug-likeness (QED) is 0.887. The molecule has 1 aliphatic rings. The maximum atomic E-state index is 12.0. The number of thiophene rings is 1. The van der Waals surface area contributed by atoms with E-state index in [0.717, 1.165) is 5.56 Å². The molecule has 0 atom stereocenters. The molecule has 0 saturated heterocycles. The number of carbonyl (C=O) groups is 2. The summed E-state index contributed by atoms with van der Waals surface area (Å²) in [5.74, 6) is -1.33. The molecule has 2 rings (SSSR count). The molecule has 0 radical (unpaired) electrons. The van der Waals surface area contributed by atoms with Crippen LogP contribution in [0.15, 0.2) is 10.8 Å². The first-order valence-electron chi connectivity index (χ1n) is 6.59. The summed E-state index contributed by atoms with van der Waals surface area (Å²) in [6, 6.07) is 0. The molecule has 5 nitrogen and oxygen atoms in total. The first-order chi connectivity index (χ1) is 9.63. The minimum atomic E-state index is -0.858. The van der Waals surface area contributed by atoms with Crippen LogP contribution in [0.4, 0.5) is 4.79 Å². The van der Waals surface area contributed by atoms with Gasteiger partial charge in [-0.15, -0.1) is 0 Å². The Labute approximate surface area is 132 Å². The third-order valence-corrected chi connectivity index (χ3v) is 4.60. The maximum absolute atomic E-state index is 12.0. The smallest absolute Gasteiger partial charge is 0.408 e. The number of hydrogen-bond donors (Lipinski definition) is 2. The van der Waals surface area contributed by atoms with Crippen LogP contribution in [0.2, 0.25) is 5.02 Å². The molecule has 0 aliphatic heterocycles. The summed E-state index contributed by atoms with van der Waals surface area (Å²) in [6.45, 7) is 5.33. The van der Waals surface area contributed by atoms with Crippen LogP contribution in [-0.4, -0.2) is 22.8 Å². The summed E-state index contributed by atoms with van der Waals surface area (Å²) in [5, 5.41) is 16.0. The molecule has 7 heteroatoms. The number of halogens is 1. The number of carboxylic acid groups (broad SMARTS) is 1. The zero-order valence-electron chi connectivity index (χ0n) is 12.1. The van der Waals surface area contributed by atoms with Crippen molar-refractivity contribution in [1.29, 1.82) is 0 Å². The SMILES string of the molecule is CC(C)(C)OC(=O)NC1(c2cscc2Cl)CC(C(=O)O)C1. The van der Waals surface area contributed by atoms with Gasteiger partial charge in [-0.2, -0.15) is 11.3 Å². The number of carbonyl (C=O) groups excluding carboxylic acids is 1. The lowest BCUT2D eigenvalue weighted by Gasteiger charge is -2.46. The minimum Gasteiger partial charge on any atom is -0.481 e. The van der Waals surface area contributed by atoms with Gasteiger partial charge in [0, 0.05) is 10.9 Å². The molecule has 1 saturated carbocycles. The molecular formula is C14H18ClNO4S. The molecule has 0 aromatic carbocycles. The Morgan fingerprint density at radius 3 is 2.48 bits per heavy atom. The van der Waals surface area contributed by atoms with Gasteiger partial charge >= 0.3 is 12.1 Å². The van der Waals surface area contributed by atoms with Crippen LogP contribution < -0.4 is 5.32 Å². The van der Waals surface area contributed by atoms with Crippen molar-refractivity contribution in [2.24, 2.45) is 5.92 Å². The molecule has 2 N–H and O–H groups in total. The van der Waals surface area contributed by atoms with E-state index in [1.54, 1.807) is 26.2 Å². The molecule has 0 bridgehead atoms. The fourth-order valence-electron chi connectivity index (χ4n) is 2.47. The molecule has 1 heterocycles. The van der Waals surface area contributed by atoms with Gasteiger partial charge in [0.05, 0.1) is 16.5 Å². The van der Waals surface area contributed by atoms with Crippen molar-refractivity contribution < 1.29 is 19.4 Å². The van der Waals surface area contributed by atoms with Gasteiger partial charge in [0.2, 0.25) is 0 Å². The Morgan fingerprint density at radius 2 is 2.05 bits per heavy atom. The molecule has 116 valence electrons. The van der Waals surface area contributed by atoms with Crippen molar-refractivity contribution in [1.82, 2.24) is 5.32 Å². The zero-order valence-corrected chi connectivity index (χ0v) is 13.7. The summed E-state index contributed by atoms with van der Waals surface area (Å²) in [5.41, 5.74) is -0.597. The number of nitrogens with one attached hydrogen (secondary N) is 1. The van der Waals surface area contributed by atoms with Crippen molar-refractivity contribution in [3.8, 4) is 0 Å². The number of rotatable bonds is 3. The standard InChI is InChI=1S/C14H18ClNO4S/c1-13(2,3)20-12(19)16-14(4-8(5-14)11(17)18)9-6-21-7-10(9)15/h6-8H,4-5H2,1-3H3,(H,16,19)(H,17,18). The van der Waals surface area contributed by atoms with Crippen LogP contribution in [0.5, 0.6) is 0 Å². The van der Waals surface area contributed by atoms with Crippen molar-refractivity contribution in [2.45, 2.75) is 44.8 Å². The van der Waals surface area contributed by atoms with E-state index in [0.29, 0.717) is 17.9 Å². The highest BCUT2D eigenvalue weighted by Crippen LogP contribution is 2.49. The van der Waals surface area contributed by atoms with Crippen LogP contribution in [0.25, 0.3) is 0 Å². The highest BCUT2D eigenvalue weighted by atomic mass is 35.5. The maximum Gasteiger partial charge on any atom is 0.408 e. The van der Waals surface area contributed by atoms with E-state index in [-0.39, 0.29) is 0 Å². The molecule has 0 spiro atoms. The highest BCUT2D eigenvalue weighted by molar-refractivity contribution is 7.08. The van der Waals surface area contributed by atoms with E-state index < -0.39 is 29.1 Å². The minimum absolute atomic E-state index is 0.317. The Balaban J connectivity index is 2.18. The van der Waals surface area contributed by atoms with Gasteiger partial charge in [-0.05, 0) is 39.0 Å². The van der Waals surface area contributed by atoms with Gasteiger partial charge in [0.1, 0.15) is 5.60 Å². The molecule has 1 amide bonds. The van der Waals surface area contributed by atoms with E-state index in [4.69, 9.17) is 21.4 Å².